The molecule has 6 aromatic carbocycles. The molecule has 372 valence electrons. The summed E-state index contributed by atoms with van der Waals surface area (Å²) in [5.74, 6) is 3.43. The first kappa shape index (κ1) is 49.3. The Morgan fingerprint density at radius 2 is 0.945 bits per heavy atom. The molecule has 3 aliphatic rings. The fraction of sp³-hybridized carbons (Fsp3) is 0.300. The highest BCUT2D eigenvalue weighted by Gasteiger charge is 2.17. The highest BCUT2D eigenvalue weighted by molar-refractivity contribution is 6.33. The lowest BCUT2D eigenvalue weighted by molar-refractivity contribution is 0.282. The van der Waals surface area contributed by atoms with Crippen LogP contribution in [0.15, 0.2) is 134 Å². The SMILES string of the molecule is COc1ccc(Cl)c(-c2ccc3ncc(N4CCCCC4)nc3c2)c1.Cc1ccc(F)cc1-c1ccc2ncc(N3CCCCC3)nc2c1.OCc1ccccc1-c1ccc2ncc(N3CCCCC3)nc2c1. The third-order valence-electron chi connectivity index (χ3n) is 14.1. The van der Waals surface area contributed by atoms with Gasteiger partial charge in [0.15, 0.2) is 0 Å². The van der Waals surface area contributed by atoms with E-state index < -0.39 is 0 Å². The zero-order chi connectivity index (χ0) is 50.1. The van der Waals surface area contributed by atoms with Crippen LogP contribution < -0.4 is 19.4 Å². The average molecular weight is 995 g/mol. The molecule has 11 nitrogen and oxygen atoms in total. The van der Waals surface area contributed by atoms with Crippen molar-refractivity contribution in [2.45, 2.75) is 71.3 Å². The number of aryl methyl sites for hydroxylation is 1. The van der Waals surface area contributed by atoms with Crippen LogP contribution in [0.4, 0.5) is 21.8 Å². The zero-order valence-electron chi connectivity index (χ0n) is 41.7. The molecule has 1 N–H and O–H groups in total. The molecule has 73 heavy (non-hydrogen) atoms. The van der Waals surface area contributed by atoms with Gasteiger partial charge in [0.1, 0.15) is 29.0 Å². The molecule has 0 atom stereocenters. The molecule has 0 saturated carbocycles. The van der Waals surface area contributed by atoms with E-state index in [1.54, 1.807) is 13.2 Å². The van der Waals surface area contributed by atoms with Crippen molar-refractivity contribution in [3.05, 3.63) is 156 Å². The van der Waals surface area contributed by atoms with E-state index in [0.29, 0.717) is 5.02 Å². The van der Waals surface area contributed by atoms with Gasteiger partial charge in [0, 0.05) is 49.9 Å². The molecule has 0 spiro atoms. The number of aromatic nitrogens is 6. The lowest BCUT2D eigenvalue weighted by Gasteiger charge is -2.27. The van der Waals surface area contributed by atoms with E-state index in [1.165, 1.54) is 63.9 Å². The number of ether oxygens (including phenoxy) is 1. The smallest absolute Gasteiger partial charge is 0.147 e. The number of aliphatic hydroxyl groups excluding tert-OH is 1. The number of hydrogen-bond acceptors (Lipinski definition) is 11. The van der Waals surface area contributed by atoms with Crippen LogP contribution in [0.25, 0.3) is 66.5 Å². The van der Waals surface area contributed by atoms with E-state index in [-0.39, 0.29) is 12.4 Å². The van der Waals surface area contributed by atoms with Gasteiger partial charge in [-0.15, -0.1) is 0 Å². The quantitative estimate of drug-likeness (QED) is 0.157. The molecule has 0 amide bonds. The summed E-state index contributed by atoms with van der Waals surface area (Å²) in [6.07, 6.45) is 16.8. The van der Waals surface area contributed by atoms with E-state index in [4.69, 9.17) is 31.3 Å². The highest BCUT2D eigenvalue weighted by Crippen LogP contribution is 2.34. The Kier molecular flexibility index (Phi) is 15.6. The van der Waals surface area contributed by atoms with Crippen molar-refractivity contribution in [3.63, 3.8) is 0 Å². The summed E-state index contributed by atoms with van der Waals surface area (Å²) in [6, 6.07) is 36.6. The summed E-state index contributed by atoms with van der Waals surface area (Å²) in [5, 5.41) is 10.3. The van der Waals surface area contributed by atoms with Crippen LogP contribution in [0, 0.1) is 12.7 Å². The molecule has 0 radical (unpaired) electrons. The van der Waals surface area contributed by atoms with Gasteiger partial charge in [-0.2, -0.15) is 0 Å². The van der Waals surface area contributed by atoms with Crippen molar-refractivity contribution in [1.29, 1.82) is 0 Å². The van der Waals surface area contributed by atoms with Crippen molar-refractivity contribution in [3.8, 4) is 39.1 Å². The summed E-state index contributed by atoms with van der Waals surface area (Å²) < 4.78 is 18.9. The fourth-order valence-corrected chi connectivity index (χ4v) is 10.3. The summed E-state index contributed by atoms with van der Waals surface area (Å²) in [5.41, 5.74) is 13.2. The lowest BCUT2D eigenvalue weighted by atomic mass is 9.99. The molecular formula is C60H61ClFN9O2. The van der Waals surface area contributed by atoms with Crippen LogP contribution in [0.1, 0.15) is 68.9 Å². The van der Waals surface area contributed by atoms with Gasteiger partial charge >= 0.3 is 0 Å². The normalized spacial score (nSPS) is 14.9. The minimum absolute atomic E-state index is 0.0354. The summed E-state index contributed by atoms with van der Waals surface area (Å²) in [4.78, 5) is 35.2. The van der Waals surface area contributed by atoms with Crippen LogP contribution in [0.2, 0.25) is 5.02 Å². The number of methoxy groups -OCH3 is 1. The Balaban J connectivity index is 0.000000126. The molecule has 6 heterocycles. The second-order valence-electron chi connectivity index (χ2n) is 19.1. The van der Waals surface area contributed by atoms with Gasteiger partial charge in [-0.3, -0.25) is 15.0 Å². The molecule has 3 saturated heterocycles. The minimum Gasteiger partial charge on any atom is -0.497 e. The van der Waals surface area contributed by atoms with E-state index in [0.717, 1.165) is 140 Å². The number of nitrogens with zero attached hydrogens (tertiary/aromatic N) is 9. The molecule has 0 unspecified atom stereocenters. The number of halogens is 2. The molecule has 3 aromatic heterocycles. The Labute approximate surface area is 431 Å². The van der Waals surface area contributed by atoms with E-state index in [1.807, 2.05) is 117 Å². The monoisotopic (exact) mass is 993 g/mol. The molecule has 13 heteroatoms. The Hall–Kier alpha value is -7.28. The molecule has 3 aliphatic heterocycles. The predicted octanol–water partition coefficient (Wildman–Crippen LogP) is 13.5. The molecule has 3 fully saturated rings. The Morgan fingerprint density at radius 3 is 1.41 bits per heavy atom. The summed E-state index contributed by atoms with van der Waals surface area (Å²) in [6.45, 7) is 8.36. The van der Waals surface area contributed by atoms with Crippen LogP contribution in [-0.4, -0.2) is 81.4 Å². The number of rotatable bonds is 8. The first-order valence-electron chi connectivity index (χ1n) is 25.6. The van der Waals surface area contributed by atoms with Crippen molar-refractivity contribution < 1.29 is 14.2 Å². The number of anilines is 3. The van der Waals surface area contributed by atoms with E-state index in [2.05, 4.69) is 41.8 Å². The van der Waals surface area contributed by atoms with Gasteiger partial charge < -0.3 is 24.5 Å². The van der Waals surface area contributed by atoms with Crippen LogP contribution in [0.5, 0.6) is 5.75 Å². The molecular weight excluding hydrogens is 933 g/mol. The number of benzene rings is 6. The summed E-state index contributed by atoms with van der Waals surface area (Å²) in [7, 11) is 1.66. The van der Waals surface area contributed by atoms with Crippen LogP contribution in [-0.2, 0) is 6.61 Å². The third-order valence-corrected chi connectivity index (χ3v) is 14.5. The standard InChI is InChI=1S/C20H20ClN3O.C20H20FN3.C20H21N3O/c1-25-15-6-7-17(21)16(12-15)14-5-8-18-19(11-14)23-20(13-22-18)24-9-3-2-4-10-24;1-14-5-7-16(21)12-17(14)15-6-8-18-19(11-15)23-20(13-22-18)24-9-3-2-4-10-24;24-14-16-6-2-3-7-17(16)15-8-9-18-19(12-15)22-20(13-21-18)23-10-4-1-5-11-23/h5-8,11-13H,2-4,9-10H2,1H3;5-8,11-13H,2-4,9-10H2,1H3;2-3,6-9,12-13,24H,1,4-5,10-11,14H2. The second kappa shape index (κ2) is 23.1. The zero-order valence-corrected chi connectivity index (χ0v) is 42.4. The first-order valence-corrected chi connectivity index (χ1v) is 26.0. The van der Waals surface area contributed by atoms with Crippen molar-refractivity contribution in [1.82, 2.24) is 29.9 Å². The van der Waals surface area contributed by atoms with Crippen molar-refractivity contribution in [2.24, 2.45) is 0 Å². The largest absolute Gasteiger partial charge is 0.497 e. The second-order valence-corrected chi connectivity index (χ2v) is 19.5. The Bertz CT molecular complexity index is 3360. The number of hydrogen-bond donors (Lipinski definition) is 1. The van der Waals surface area contributed by atoms with Gasteiger partial charge in [0.2, 0.25) is 0 Å². The molecule has 0 aliphatic carbocycles. The number of fused-ring (bicyclic) bond motifs is 3. The van der Waals surface area contributed by atoms with Gasteiger partial charge in [0.25, 0.3) is 0 Å². The van der Waals surface area contributed by atoms with Gasteiger partial charge in [-0.25, -0.2) is 19.3 Å². The Morgan fingerprint density at radius 1 is 0.493 bits per heavy atom. The highest BCUT2D eigenvalue weighted by atomic mass is 35.5. The van der Waals surface area contributed by atoms with Crippen molar-refractivity contribution in [2.75, 3.05) is 61.1 Å². The molecule has 9 aromatic rings. The van der Waals surface area contributed by atoms with E-state index in [9.17, 15) is 9.50 Å². The average Bonchev–Trinajstić information content (AvgIpc) is 3.46. The van der Waals surface area contributed by atoms with Crippen LogP contribution in [0.3, 0.4) is 0 Å². The van der Waals surface area contributed by atoms with Gasteiger partial charge in [-0.1, -0.05) is 60.1 Å². The molecule has 12 rings (SSSR count). The lowest BCUT2D eigenvalue weighted by Crippen LogP contribution is -2.30. The maximum Gasteiger partial charge on any atom is 0.147 e. The van der Waals surface area contributed by atoms with Crippen LogP contribution >= 0.6 is 11.6 Å². The predicted molar refractivity (Wildman–Crippen MR) is 295 cm³/mol. The van der Waals surface area contributed by atoms with Gasteiger partial charge in [-0.05, 0) is 170 Å². The number of piperidine rings is 3. The third kappa shape index (κ3) is 11.7. The maximum absolute atomic E-state index is 13.6. The van der Waals surface area contributed by atoms with Crippen molar-refractivity contribution >= 4 is 62.2 Å². The van der Waals surface area contributed by atoms with Gasteiger partial charge in [0.05, 0.1) is 65.4 Å². The maximum atomic E-state index is 13.6. The topological polar surface area (TPSA) is 117 Å². The summed E-state index contributed by atoms with van der Waals surface area (Å²) >= 11 is 6.39. The number of aliphatic hydroxyl groups is 1. The van der Waals surface area contributed by atoms with E-state index >= 15 is 0 Å². The minimum atomic E-state index is -0.219. The fourth-order valence-electron chi connectivity index (χ4n) is 10.0. The molecule has 0 bridgehead atoms. The first-order chi connectivity index (χ1) is 35.8.